The molecule has 0 bridgehead atoms. The van der Waals surface area contributed by atoms with Gasteiger partial charge in [-0.05, 0) is 37.1 Å². The van der Waals surface area contributed by atoms with Crippen LogP contribution in [0.3, 0.4) is 0 Å². The second-order valence-electron chi connectivity index (χ2n) is 5.13. The molecule has 0 unspecified atom stereocenters. The van der Waals surface area contributed by atoms with Crippen LogP contribution in [0.25, 0.3) is 6.08 Å². The van der Waals surface area contributed by atoms with Crippen LogP contribution in [-0.4, -0.2) is 11.5 Å². The Morgan fingerprint density at radius 2 is 1.83 bits per heavy atom. The molecule has 0 saturated carbocycles. The van der Waals surface area contributed by atoms with E-state index in [9.17, 15) is 10.1 Å². The van der Waals surface area contributed by atoms with Gasteiger partial charge in [0, 0.05) is 10.5 Å². The van der Waals surface area contributed by atoms with Gasteiger partial charge in [0.2, 0.25) is 6.20 Å². The molecule has 0 aliphatic carbocycles. The highest BCUT2D eigenvalue weighted by molar-refractivity contribution is 9.10. The van der Waals surface area contributed by atoms with Crippen LogP contribution < -0.4 is 9.47 Å². The highest BCUT2D eigenvalue weighted by atomic mass is 79.9. The minimum absolute atomic E-state index is 0.414. The predicted octanol–water partition coefficient (Wildman–Crippen LogP) is 4.98. The molecule has 2 rings (SSSR count). The van der Waals surface area contributed by atoms with Crippen LogP contribution in [0.2, 0.25) is 0 Å². The fraction of sp³-hybridized carbons (Fsp3) is 0.222. The number of nitrogens with zero attached hydrogens (tertiary/aromatic N) is 1. The number of rotatable bonds is 7. The lowest BCUT2D eigenvalue weighted by molar-refractivity contribution is -0.400. The number of hydrogen-bond donors (Lipinski definition) is 0. The Balaban J connectivity index is 2.22. The molecule has 0 atom stereocenters. The van der Waals surface area contributed by atoms with E-state index >= 15 is 0 Å². The molecule has 24 heavy (non-hydrogen) atoms. The Kier molecular flexibility index (Phi) is 6.37. The molecule has 0 amide bonds. The summed E-state index contributed by atoms with van der Waals surface area (Å²) in [5.41, 5.74) is 2.90. The molecule has 6 heteroatoms. The third-order valence-electron chi connectivity index (χ3n) is 3.25. The van der Waals surface area contributed by atoms with Gasteiger partial charge in [0.15, 0.2) is 11.5 Å². The number of hydrogen-bond acceptors (Lipinski definition) is 4. The Morgan fingerprint density at radius 1 is 1.17 bits per heavy atom. The lowest BCUT2D eigenvalue weighted by Crippen LogP contribution is -2.00. The third kappa shape index (κ3) is 5.09. The smallest absolute Gasteiger partial charge is 0.235 e. The maximum absolute atomic E-state index is 10.5. The molecule has 0 spiro atoms. The monoisotopic (exact) mass is 391 g/mol. The van der Waals surface area contributed by atoms with Crippen LogP contribution in [0.1, 0.15) is 23.6 Å². The van der Waals surface area contributed by atoms with Gasteiger partial charge >= 0.3 is 0 Å². The summed E-state index contributed by atoms with van der Waals surface area (Å²) in [6.45, 7) is 4.79. The summed E-state index contributed by atoms with van der Waals surface area (Å²) in [6, 6.07) is 11.6. The lowest BCUT2D eigenvalue weighted by atomic mass is 10.1. The van der Waals surface area contributed by atoms with Crippen molar-refractivity contribution < 1.29 is 14.4 Å². The van der Waals surface area contributed by atoms with Crippen molar-refractivity contribution in [2.24, 2.45) is 0 Å². The highest BCUT2D eigenvalue weighted by Gasteiger charge is 2.10. The van der Waals surface area contributed by atoms with Crippen molar-refractivity contribution in [2.45, 2.75) is 20.5 Å². The molecule has 0 aliphatic heterocycles. The SMILES string of the molecule is CCOc1cc(C=C[N+](=O)[O-])c(Br)cc1OCc1ccc(C)cc1. The van der Waals surface area contributed by atoms with Gasteiger partial charge in [-0.3, -0.25) is 10.1 Å². The largest absolute Gasteiger partial charge is 0.490 e. The van der Waals surface area contributed by atoms with Gasteiger partial charge in [-0.15, -0.1) is 0 Å². The molecule has 0 N–H and O–H groups in total. The molecular weight excluding hydrogens is 374 g/mol. The van der Waals surface area contributed by atoms with E-state index in [-0.39, 0.29) is 0 Å². The van der Waals surface area contributed by atoms with Gasteiger partial charge in [0.1, 0.15) is 6.61 Å². The Morgan fingerprint density at radius 3 is 2.46 bits per heavy atom. The zero-order valence-electron chi connectivity index (χ0n) is 13.5. The summed E-state index contributed by atoms with van der Waals surface area (Å²) in [5, 5.41) is 10.5. The first kappa shape index (κ1) is 18.0. The van der Waals surface area contributed by atoms with Crippen molar-refractivity contribution in [3.63, 3.8) is 0 Å². The predicted molar refractivity (Wildman–Crippen MR) is 96.9 cm³/mol. The molecule has 0 heterocycles. The van der Waals surface area contributed by atoms with E-state index < -0.39 is 4.92 Å². The van der Waals surface area contributed by atoms with E-state index in [4.69, 9.17) is 9.47 Å². The molecule has 2 aromatic carbocycles. The number of ether oxygens (including phenoxy) is 2. The van der Waals surface area contributed by atoms with Crippen LogP contribution >= 0.6 is 15.9 Å². The minimum Gasteiger partial charge on any atom is -0.490 e. The second kappa shape index (κ2) is 8.49. The first-order valence-electron chi connectivity index (χ1n) is 7.46. The fourth-order valence-electron chi connectivity index (χ4n) is 2.05. The number of nitro groups is 1. The molecule has 126 valence electrons. The van der Waals surface area contributed by atoms with Crippen LogP contribution in [0.15, 0.2) is 47.1 Å². The highest BCUT2D eigenvalue weighted by Crippen LogP contribution is 2.35. The zero-order chi connectivity index (χ0) is 17.5. The Bertz CT molecular complexity index is 741. The molecule has 0 saturated heterocycles. The van der Waals surface area contributed by atoms with E-state index in [1.54, 1.807) is 12.1 Å². The molecule has 0 aromatic heterocycles. The van der Waals surface area contributed by atoms with Gasteiger partial charge in [0.05, 0.1) is 11.5 Å². The summed E-state index contributed by atoms with van der Waals surface area (Å²) < 4.78 is 12.2. The maximum Gasteiger partial charge on any atom is 0.235 e. The maximum atomic E-state index is 10.5. The zero-order valence-corrected chi connectivity index (χ0v) is 15.1. The standard InChI is InChI=1S/C18H18BrNO4/c1-3-23-17-10-15(8-9-20(21)22)16(19)11-18(17)24-12-14-6-4-13(2)5-7-14/h4-11H,3,12H2,1-2H3. The van der Waals surface area contributed by atoms with E-state index in [1.807, 2.05) is 38.1 Å². The topological polar surface area (TPSA) is 61.6 Å². The summed E-state index contributed by atoms with van der Waals surface area (Å²) in [5.74, 6) is 1.14. The lowest BCUT2D eigenvalue weighted by Gasteiger charge is -2.14. The molecule has 0 aliphatic rings. The molecule has 5 nitrogen and oxygen atoms in total. The van der Waals surface area contributed by atoms with Crippen molar-refractivity contribution in [3.05, 3.63) is 73.9 Å². The van der Waals surface area contributed by atoms with Crippen molar-refractivity contribution >= 4 is 22.0 Å². The van der Waals surface area contributed by atoms with Crippen LogP contribution in [0.4, 0.5) is 0 Å². The fourth-order valence-corrected chi connectivity index (χ4v) is 2.50. The van der Waals surface area contributed by atoms with Crippen LogP contribution in [-0.2, 0) is 6.61 Å². The van der Waals surface area contributed by atoms with E-state index in [0.29, 0.717) is 34.7 Å². The van der Waals surface area contributed by atoms with Gasteiger partial charge < -0.3 is 9.47 Å². The van der Waals surface area contributed by atoms with Gasteiger partial charge in [-0.25, -0.2) is 0 Å². The molecule has 2 aromatic rings. The van der Waals surface area contributed by atoms with Crippen molar-refractivity contribution in [1.29, 1.82) is 0 Å². The first-order valence-corrected chi connectivity index (χ1v) is 8.25. The van der Waals surface area contributed by atoms with E-state index in [1.165, 1.54) is 11.6 Å². The summed E-state index contributed by atoms with van der Waals surface area (Å²) in [6.07, 6.45) is 2.30. The quantitative estimate of drug-likeness (QED) is 0.492. The Hall–Kier alpha value is -2.34. The van der Waals surface area contributed by atoms with Crippen molar-refractivity contribution in [2.75, 3.05) is 6.61 Å². The van der Waals surface area contributed by atoms with Crippen LogP contribution in [0.5, 0.6) is 11.5 Å². The first-order chi connectivity index (χ1) is 11.5. The number of halogens is 1. The third-order valence-corrected chi connectivity index (χ3v) is 3.94. The van der Waals surface area contributed by atoms with E-state index in [0.717, 1.165) is 11.8 Å². The van der Waals surface area contributed by atoms with Crippen molar-refractivity contribution in [1.82, 2.24) is 0 Å². The normalized spacial score (nSPS) is 10.8. The van der Waals surface area contributed by atoms with Gasteiger partial charge in [-0.1, -0.05) is 45.8 Å². The summed E-state index contributed by atoms with van der Waals surface area (Å²) in [7, 11) is 0. The average molecular weight is 392 g/mol. The average Bonchev–Trinajstić information content (AvgIpc) is 2.55. The summed E-state index contributed by atoms with van der Waals surface area (Å²) in [4.78, 5) is 9.99. The van der Waals surface area contributed by atoms with Gasteiger partial charge in [-0.2, -0.15) is 0 Å². The molecule has 0 fully saturated rings. The van der Waals surface area contributed by atoms with E-state index in [2.05, 4.69) is 15.9 Å². The van der Waals surface area contributed by atoms with Crippen LogP contribution in [0, 0.1) is 17.0 Å². The minimum atomic E-state index is -0.505. The Labute approximate surface area is 149 Å². The number of aryl methyl sites for hydroxylation is 1. The van der Waals surface area contributed by atoms with Crippen molar-refractivity contribution in [3.8, 4) is 11.5 Å². The van der Waals surface area contributed by atoms with Gasteiger partial charge in [0.25, 0.3) is 0 Å². The second-order valence-corrected chi connectivity index (χ2v) is 5.98. The molecular formula is C18H18BrNO4. The molecule has 0 radical (unpaired) electrons. The number of benzene rings is 2. The summed E-state index contributed by atoms with van der Waals surface area (Å²) >= 11 is 3.41.